The predicted molar refractivity (Wildman–Crippen MR) is 88.3 cm³/mol. The van der Waals surface area contributed by atoms with Crippen LogP contribution in [0.25, 0.3) is 0 Å². The van der Waals surface area contributed by atoms with Crippen LogP contribution in [-0.2, 0) is 0 Å². The Hall–Kier alpha value is -2.48. The van der Waals surface area contributed by atoms with Crippen molar-refractivity contribution in [3.63, 3.8) is 0 Å². The number of amides is 3. The van der Waals surface area contributed by atoms with Gasteiger partial charge in [-0.25, -0.2) is 14.2 Å². The molecule has 0 atom stereocenters. The van der Waals surface area contributed by atoms with Crippen LogP contribution < -0.4 is 16.0 Å². The van der Waals surface area contributed by atoms with Gasteiger partial charge >= 0.3 is 6.03 Å². The van der Waals surface area contributed by atoms with Crippen LogP contribution in [0.4, 0.5) is 20.0 Å². The summed E-state index contributed by atoms with van der Waals surface area (Å²) in [5.74, 6) is -0.313. The minimum absolute atomic E-state index is 0.257. The van der Waals surface area contributed by atoms with E-state index in [2.05, 4.69) is 20.9 Å². The highest BCUT2D eigenvalue weighted by atomic mass is 32.1. The van der Waals surface area contributed by atoms with E-state index >= 15 is 0 Å². The lowest BCUT2D eigenvalue weighted by molar-refractivity contribution is 0.0944. The van der Waals surface area contributed by atoms with E-state index in [1.807, 2.05) is 13.8 Å². The lowest BCUT2D eigenvalue weighted by Crippen LogP contribution is -2.27. The molecule has 1 aromatic heterocycles. The molecule has 0 saturated carbocycles. The summed E-state index contributed by atoms with van der Waals surface area (Å²) in [6.07, 6.45) is 0. The molecule has 2 aromatic rings. The Morgan fingerprint density at radius 1 is 1.22 bits per heavy atom. The monoisotopic (exact) mass is 336 g/mol. The number of carbonyl (C=O) groups excluding carboxylic acids is 2. The Balaban J connectivity index is 1.89. The summed E-state index contributed by atoms with van der Waals surface area (Å²) in [6, 6.07) is 4.87. The zero-order chi connectivity index (χ0) is 16.8. The fourth-order valence-electron chi connectivity index (χ4n) is 1.62. The number of nitrogens with zero attached hydrogens (tertiary/aromatic N) is 1. The Kier molecular flexibility index (Phi) is 5.64. The third-order valence-electron chi connectivity index (χ3n) is 2.73. The number of hydrogen-bond acceptors (Lipinski definition) is 4. The molecular weight excluding hydrogens is 319 g/mol. The average molecular weight is 336 g/mol. The fourth-order valence-corrected chi connectivity index (χ4v) is 2.30. The molecule has 0 aliphatic carbocycles. The third kappa shape index (κ3) is 5.33. The van der Waals surface area contributed by atoms with Crippen molar-refractivity contribution >= 4 is 34.1 Å². The van der Waals surface area contributed by atoms with E-state index in [4.69, 9.17) is 0 Å². The number of hydrogen-bond donors (Lipinski definition) is 3. The molecule has 0 radical (unpaired) electrons. The van der Waals surface area contributed by atoms with Crippen LogP contribution in [0.3, 0.4) is 0 Å². The Bertz CT molecular complexity index is 685. The second-order valence-electron chi connectivity index (χ2n) is 5.23. The number of rotatable bonds is 5. The number of aromatic nitrogens is 1. The van der Waals surface area contributed by atoms with Crippen molar-refractivity contribution < 1.29 is 14.0 Å². The zero-order valence-corrected chi connectivity index (χ0v) is 13.5. The molecule has 23 heavy (non-hydrogen) atoms. The maximum absolute atomic E-state index is 12.8. The number of anilines is 2. The van der Waals surface area contributed by atoms with Crippen molar-refractivity contribution in [2.45, 2.75) is 13.8 Å². The van der Waals surface area contributed by atoms with Gasteiger partial charge in [-0.05, 0) is 30.2 Å². The van der Waals surface area contributed by atoms with Gasteiger partial charge in [-0.3, -0.25) is 10.1 Å². The summed E-state index contributed by atoms with van der Waals surface area (Å²) < 4.78 is 12.8. The van der Waals surface area contributed by atoms with Crippen molar-refractivity contribution in [2.75, 3.05) is 17.2 Å². The van der Waals surface area contributed by atoms with Gasteiger partial charge < -0.3 is 10.6 Å². The van der Waals surface area contributed by atoms with E-state index in [1.54, 1.807) is 5.38 Å². The molecule has 3 amide bonds. The summed E-state index contributed by atoms with van der Waals surface area (Å²) in [5.41, 5.74) is 0.711. The van der Waals surface area contributed by atoms with Gasteiger partial charge in [-0.2, -0.15) is 0 Å². The van der Waals surface area contributed by atoms with Crippen molar-refractivity contribution in [1.29, 1.82) is 0 Å². The maximum Gasteiger partial charge on any atom is 0.325 e. The molecule has 3 N–H and O–H groups in total. The molecule has 0 bridgehead atoms. The highest BCUT2D eigenvalue weighted by Gasteiger charge is 2.12. The summed E-state index contributed by atoms with van der Waals surface area (Å²) in [6.45, 7) is 4.55. The highest BCUT2D eigenvalue weighted by Crippen LogP contribution is 2.16. The van der Waals surface area contributed by atoms with Gasteiger partial charge in [0.05, 0.1) is 0 Å². The first-order chi connectivity index (χ1) is 10.9. The molecule has 0 fully saturated rings. The Morgan fingerprint density at radius 2 is 1.91 bits per heavy atom. The molecule has 6 nitrogen and oxygen atoms in total. The standard InChI is InChI=1S/C15H17FN4O2S/c1-9(2)7-17-13(21)12-8-23-15(19-12)20-14(22)18-11-5-3-10(16)4-6-11/h3-6,8-9H,7H2,1-2H3,(H,17,21)(H2,18,19,20,22). The zero-order valence-electron chi connectivity index (χ0n) is 12.7. The molecule has 122 valence electrons. The van der Waals surface area contributed by atoms with Crippen molar-refractivity contribution in [2.24, 2.45) is 5.92 Å². The lowest BCUT2D eigenvalue weighted by atomic mass is 10.2. The predicted octanol–water partition coefficient (Wildman–Crippen LogP) is 3.31. The van der Waals surface area contributed by atoms with E-state index in [0.717, 1.165) is 11.3 Å². The van der Waals surface area contributed by atoms with Crippen LogP contribution in [0.1, 0.15) is 24.3 Å². The molecule has 0 aliphatic rings. The summed E-state index contributed by atoms with van der Waals surface area (Å²) in [4.78, 5) is 27.7. The van der Waals surface area contributed by atoms with E-state index < -0.39 is 6.03 Å². The van der Waals surface area contributed by atoms with Crippen LogP contribution in [0, 0.1) is 11.7 Å². The summed E-state index contributed by atoms with van der Waals surface area (Å²) >= 11 is 1.15. The molecule has 1 heterocycles. The first kappa shape index (κ1) is 16.9. The molecule has 2 rings (SSSR count). The molecule has 0 unspecified atom stereocenters. The number of nitrogens with one attached hydrogen (secondary N) is 3. The minimum Gasteiger partial charge on any atom is -0.350 e. The van der Waals surface area contributed by atoms with Gasteiger partial charge in [0.1, 0.15) is 11.5 Å². The summed E-state index contributed by atoms with van der Waals surface area (Å²) in [5, 5.41) is 9.70. The summed E-state index contributed by atoms with van der Waals surface area (Å²) in [7, 11) is 0. The van der Waals surface area contributed by atoms with Crippen LogP contribution in [0.2, 0.25) is 0 Å². The number of benzene rings is 1. The Labute approximate surface area is 137 Å². The normalized spacial score (nSPS) is 10.4. The van der Waals surface area contributed by atoms with Crippen LogP contribution in [-0.4, -0.2) is 23.5 Å². The van der Waals surface area contributed by atoms with Gasteiger partial charge in [-0.1, -0.05) is 13.8 Å². The van der Waals surface area contributed by atoms with Crippen LogP contribution in [0.15, 0.2) is 29.6 Å². The van der Waals surface area contributed by atoms with E-state index in [1.165, 1.54) is 24.3 Å². The smallest absolute Gasteiger partial charge is 0.325 e. The van der Waals surface area contributed by atoms with Gasteiger partial charge in [0.2, 0.25) is 0 Å². The number of carbonyl (C=O) groups is 2. The molecular formula is C15H17FN4O2S. The van der Waals surface area contributed by atoms with Gasteiger partial charge in [0, 0.05) is 17.6 Å². The van der Waals surface area contributed by atoms with Crippen molar-refractivity contribution in [3.05, 3.63) is 41.2 Å². The van der Waals surface area contributed by atoms with Crippen molar-refractivity contribution in [1.82, 2.24) is 10.3 Å². The number of halogens is 1. The first-order valence-corrected chi connectivity index (χ1v) is 7.89. The Morgan fingerprint density at radius 3 is 2.57 bits per heavy atom. The molecule has 0 aliphatic heterocycles. The highest BCUT2D eigenvalue weighted by molar-refractivity contribution is 7.14. The van der Waals surface area contributed by atoms with E-state index in [-0.39, 0.29) is 17.4 Å². The SMILES string of the molecule is CC(C)CNC(=O)c1csc(NC(=O)Nc2ccc(F)cc2)n1. The van der Waals surface area contributed by atoms with E-state index in [9.17, 15) is 14.0 Å². The number of urea groups is 1. The molecule has 0 spiro atoms. The third-order valence-corrected chi connectivity index (χ3v) is 3.49. The molecule has 1 aromatic carbocycles. The maximum atomic E-state index is 12.8. The van der Waals surface area contributed by atoms with Gasteiger partial charge in [0.25, 0.3) is 5.91 Å². The topological polar surface area (TPSA) is 83.1 Å². The first-order valence-electron chi connectivity index (χ1n) is 7.01. The fraction of sp³-hybridized carbons (Fsp3) is 0.267. The van der Waals surface area contributed by atoms with Crippen LogP contribution in [0.5, 0.6) is 0 Å². The van der Waals surface area contributed by atoms with E-state index in [0.29, 0.717) is 23.3 Å². The van der Waals surface area contributed by atoms with Gasteiger partial charge in [-0.15, -0.1) is 11.3 Å². The van der Waals surface area contributed by atoms with Crippen LogP contribution >= 0.6 is 11.3 Å². The average Bonchev–Trinajstić information content (AvgIpc) is 2.95. The number of thiazole rings is 1. The second-order valence-corrected chi connectivity index (χ2v) is 6.09. The largest absolute Gasteiger partial charge is 0.350 e. The quantitative estimate of drug-likeness (QED) is 0.783. The molecule has 8 heteroatoms. The van der Waals surface area contributed by atoms with Crippen molar-refractivity contribution in [3.8, 4) is 0 Å². The molecule has 0 saturated heterocycles. The van der Waals surface area contributed by atoms with Gasteiger partial charge in [0.15, 0.2) is 5.13 Å². The minimum atomic E-state index is -0.514. The second kappa shape index (κ2) is 7.68. The lowest BCUT2D eigenvalue weighted by Gasteiger charge is -2.06.